The smallest absolute Gasteiger partial charge is 0.422 e. The molecule has 0 aliphatic carbocycles. The molecule has 0 heterocycles. The molecule has 0 spiro atoms. The number of nitrogens with zero attached hydrogens (tertiary/aromatic N) is 1. The van der Waals surface area contributed by atoms with E-state index in [1.807, 2.05) is 0 Å². The quantitative estimate of drug-likeness (QED) is 0.503. The van der Waals surface area contributed by atoms with Crippen molar-refractivity contribution in [2.45, 2.75) is 19.1 Å². The van der Waals surface area contributed by atoms with Crippen LogP contribution in [0.25, 0.3) is 0 Å². The number of rotatable bonds is 8. The van der Waals surface area contributed by atoms with Gasteiger partial charge in [-0.05, 0) is 36.8 Å². The van der Waals surface area contributed by atoms with Crippen LogP contribution in [0.1, 0.15) is 28.9 Å². The minimum absolute atomic E-state index is 0.318. The Morgan fingerprint density at radius 2 is 1.80 bits per heavy atom. The highest BCUT2D eigenvalue weighted by molar-refractivity contribution is 5.98. The number of nitro groups is 1. The van der Waals surface area contributed by atoms with Crippen LogP contribution >= 0.6 is 0 Å². The minimum Gasteiger partial charge on any atom is -0.493 e. The van der Waals surface area contributed by atoms with Gasteiger partial charge in [0.25, 0.3) is 11.6 Å². The van der Waals surface area contributed by atoms with Gasteiger partial charge >= 0.3 is 6.18 Å². The summed E-state index contributed by atoms with van der Waals surface area (Å²) in [5, 5.41) is 13.8. The molecule has 11 heteroatoms. The van der Waals surface area contributed by atoms with Crippen LogP contribution in [-0.4, -0.2) is 37.8 Å². The summed E-state index contributed by atoms with van der Waals surface area (Å²) in [5.74, 6) is -0.266. The highest BCUT2D eigenvalue weighted by Gasteiger charge is 2.29. The Morgan fingerprint density at radius 3 is 2.37 bits per heavy atom. The number of amides is 1. The summed E-state index contributed by atoms with van der Waals surface area (Å²) in [6.45, 7) is 0.0445. The number of halogens is 3. The molecule has 0 bridgehead atoms. The van der Waals surface area contributed by atoms with E-state index in [1.165, 1.54) is 14.2 Å². The summed E-state index contributed by atoms with van der Waals surface area (Å²) >= 11 is 0. The number of carbonyl (C=O) groups excluding carboxylic acids is 1. The number of ether oxygens (including phenoxy) is 3. The Kier molecular flexibility index (Phi) is 7.09. The van der Waals surface area contributed by atoms with Crippen LogP contribution in [0.15, 0.2) is 36.4 Å². The molecule has 0 aliphatic heterocycles. The van der Waals surface area contributed by atoms with Crippen molar-refractivity contribution in [2.24, 2.45) is 0 Å². The van der Waals surface area contributed by atoms with Gasteiger partial charge in [0.1, 0.15) is 11.3 Å². The number of hydrogen-bond donors (Lipinski definition) is 1. The van der Waals surface area contributed by atoms with Gasteiger partial charge in [-0.1, -0.05) is 6.07 Å². The molecule has 0 radical (unpaired) electrons. The van der Waals surface area contributed by atoms with Gasteiger partial charge in [-0.25, -0.2) is 0 Å². The largest absolute Gasteiger partial charge is 0.493 e. The third kappa shape index (κ3) is 5.75. The van der Waals surface area contributed by atoms with E-state index >= 15 is 0 Å². The highest BCUT2D eigenvalue weighted by atomic mass is 19.4. The molecular weight excluding hydrogens is 409 g/mol. The fourth-order valence-corrected chi connectivity index (χ4v) is 2.59. The van der Waals surface area contributed by atoms with E-state index in [1.54, 1.807) is 25.1 Å². The molecule has 30 heavy (non-hydrogen) atoms. The lowest BCUT2D eigenvalue weighted by Crippen LogP contribution is -2.27. The summed E-state index contributed by atoms with van der Waals surface area (Å²) in [4.78, 5) is 23.1. The summed E-state index contributed by atoms with van der Waals surface area (Å²) in [7, 11) is 2.91. The summed E-state index contributed by atoms with van der Waals surface area (Å²) < 4.78 is 52.0. The van der Waals surface area contributed by atoms with Crippen molar-refractivity contribution in [1.29, 1.82) is 0 Å². The summed E-state index contributed by atoms with van der Waals surface area (Å²) in [6.07, 6.45) is -4.59. The topological polar surface area (TPSA) is 99.9 Å². The maximum atomic E-state index is 12.6. The minimum atomic E-state index is -4.59. The molecule has 0 saturated heterocycles. The first kappa shape index (κ1) is 22.8. The van der Waals surface area contributed by atoms with Gasteiger partial charge in [-0.3, -0.25) is 14.9 Å². The molecular formula is C19H19F3N2O6. The third-order valence-corrected chi connectivity index (χ3v) is 4.07. The van der Waals surface area contributed by atoms with E-state index in [0.717, 1.165) is 18.2 Å². The monoisotopic (exact) mass is 428 g/mol. The number of nitro benzene ring substituents is 1. The summed E-state index contributed by atoms with van der Waals surface area (Å²) in [6, 6.07) is 7.15. The second-order valence-electron chi connectivity index (χ2n) is 6.15. The predicted octanol–water partition coefficient (Wildman–Crippen LogP) is 4.04. The first-order chi connectivity index (χ1) is 14.1. The lowest BCUT2D eigenvalue weighted by molar-refractivity contribution is -0.385. The van der Waals surface area contributed by atoms with E-state index in [0.29, 0.717) is 17.1 Å². The molecule has 2 aromatic carbocycles. The van der Waals surface area contributed by atoms with Gasteiger partial charge in [-0.2, -0.15) is 13.2 Å². The van der Waals surface area contributed by atoms with Gasteiger partial charge < -0.3 is 19.5 Å². The van der Waals surface area contributed by atoms with Crippen molar-refractivity contribution in [3.8, 4) is 17.2 Å². The zero-order chi connectivity index (χ0) is 22.5. The Balaban J connectivity index is 2.26. The standard InChI is InChI=1S/C19H19F3N2O6/c1-11(12-4-7-16(28-2)17(8-12)29-3)23-18(25)14-9-13(30-10-19(20,21)22)5-6-15(14)24(26)27/h4-9,11H,10H2,1-3H3,(H,23,25). The zero-order valence-corrected chi connectivity index (χ0v) is 16.3. The molecule has 162 valence electrons. The molecule has 0 aromatic heterocycles. The van der Waals surface area contributed by atoms with E-state index in [9.17, 15) is 28.1 Å². The zero-order valence-electron chi connectivity index (χ0n) is 16.3. The number of benzene rings is 2. The van der Waals surface area contributed by atoms with Crippen LogP contribution in [-0.2, 0) is 0 Å². The third-order valence-electron chi connectivity index (χ3n) is 4.07. The molecule has 2 rings (SSSR count). The van der Waals surface area contributed by atoms with Crippen LogP contribution in [0, 0.1) is 10.1 Å². The highest BCUT2D eigenvalue weighted by Crippen LogP contribution is 2.31. The van der Waals surface area contributed by atoms with Crippen molar-refractivity contribution in [3.63, 3.8) is 0 Å². The van der Waals surface area contributed by atoms with E-state index in [2.05, 4.69) is 10.1 Å². The second kappa shape index (κ2) is 9.33. The number of methoxy groups -OCH3 is 2. The van der Waals surface area contributed by atoms with Crippen molar-refractivity contribution in [3.05, 3.63) is 57.6 Å². The van der Waals surface area contributed by atoms with Crippen LogP contribution < -0.4 is 19.5 Å². The van der Waals surface area contributed by atoms with Crippen LogP contribution in [0.4, 0.5) is 18.9 Å². The Hall–Kier alpha value is -3.50. The average Bonchev–Trinajstić information content (AvgIpc) is 2.70. The van der Waals surface area contributed by atoms with Gasteiger partial charge in [-0.15, -0.1) is 0 Å². The summed E-state index contributed by atoms with van der Waals surface area (Å²) in [5.41, 5.74) is -0.369. The SMILES string of the molecule is COc1ccc(C(C)NC(=O)c2cc(OCC(F)(F)F)ccc2[N+](=O)[O-])cc1OC. The molecule has 8 nitrogen and oxygen atoms in total. The molecule has 0 saturated carbocycles. The Labute approximate surface area is 169 Å². The van der Waals surface area contributed by atoms with E-state index in [-0.39, 0.29) is 5.75 Å². The number of carbonyl (C=O) groups is 1. The normalized spacial score (nSPS) is 12.1. The van der Waals surface area contributed by atoms with Crippen molar-refractivity contribution in [2.75, 3.05) is 20.8 Å². The number of alkyl halides is 3. The fourth-order valence-electron chi connectivity index (χ4n) is 2.59. The van der Waals surface area contributed by atoms with Crippen LogP contribution in [0.5, 0.6) is 17.2 Å². The number of nitrogens with one attached hydrogen (secondary N) is 1. The maximum Gasteiger partial charge on any atom is 0.422 e. The molecule has 2 aromatic rings. The number of hydrogen-bond acceptors (Lipinski definition) is 6. The molecule has 0 fully saturated rings. The Bertz CT molecular complexity index is 933. The average molecular weight is 428 g/mol. The van der Waals surface area contributed by atoms with Gasteiger partial charge in [0.2, 0.25) is 0 Å². The van der Waals surface area contributed by atoms with Gasteiger partial charge in [0, 0.05) is 6.07 Å². The van der Waals surface area contributed by atoms with Crippen LogP contribution in [0.2, 0.25) is 0 Å². The van der Waals surface area contributed by atoms with E-state index < -0.39 is 40.9 Å². The van der Waals surface area contributed by atoms with E-state index in [4.69, 9.17) is 9.47 Å². The molecule has 1 atom stereocenters. The van der Waals surface area contributed by atoms with Crippen molar-refractivity contribution in [1.82, 2.24) is 5.32 Å². The molecule has 1 N–H and O–H groups in total. The Morgan fingerprint density at radius 1 is 1.13 bits per heavy atom. The fraction of sp³-hybridized carbons (Fsp3) is 0.316. The first-order valence-electron chi connectivity index (χ1n) is 8.56. The first-order valence-corrected chi connectivity index (χ1v) is 8.56. The molecule has 1 amide bonds. The second-order valence-corrected chi connectivity index (χ2v) is 6.15. The maximum absolute atomic E-state index is 12.6. The van der Waals surface area contributed by atoms with Gasteiger partial charge in [0.05, 0.1) is 25.2 Å². The van der Waals surface area contributed by atoms with Crippen molar-refractivity contribution >= 4 is 11.6 Å². The predicted molar refractivity (Wildman–Crippen MR) is 100 cm³/mol. The lowest BCUT2D eigenvalue weighted by Gasteiger charge is -2.17. The lowest BCUT2D eigenvalue weighted by atomic mass is 10.1. The van der Waals surface area contributed by atoms with Crippen molar-refractivity contribution < 1.29 is 37.1 Å². The molecule has 1 unspecified atom stereocenters. The molecule has 0 aliphatic rings. The van der Waals surface area contributed by atoms with Crippen LogP contribution in [0.3, 0.4) is 0 Å². The van der Waals surface area contributed by atoms with Gasteiger partial charge in [0.15, 0.2) is 18.1 Å².